The van der Waals surface area contributed by atoms with Gasteiger partial charge in [0.05, 0.1) is 17.6 Å². The Morgan fingerprint density at radius 2 is 1.89 bits per heavy atom. The van der Waals surface area contributed by atoms with E-state index in [1.165, 1.54) is 6.33 Å². The number of rotatable bonds is 2. The summed E-state index contributed by atoms with van der Waals surface area (Å²) in [5.74, 6) is 0.263. The third-order valence-electron chi connectivity index (χ3n) is 2.69. The molecule has 0 bridgehead atoms. The number of hydrogen-bond acceptors (Lipinski definition) is 4. The van der Waals surface area contributed by atoms with Gasteiger partial charge in [-0.25, -0.2) is 14.6 Å². The van der Waals surface area contributed by atoms with Crippen LogP contribution in [0.25, 0.3) is 16.9 Å². The number of para-hydroxylation sites is 1. The standard InChI is InChI=1S/C13H10ClN5/c14-11-12(16-8-17-13(11)15)9-6-18-19(7-9)10-4-2-1-3-5-10/h1-8H,(H2,15,16,17). The van der Waals surface area contributed by atoms with Gasteiger partial charge in [-0.2, -0.15) is 5.10 Å². The van der Waals surface area contributed by atoms with E-state index in [-0.39, 0.29) is 5.82 Å². The van der Waals surface area contributed by atoms with E-state index in [4.69, 9.17) is 17.3 Å². The first-order valence-electron chi connectivity index (χ1n) is 5.62. The molecule has 0 radical (unpaired) electrons. The van der Waals surface area contributed by atoms with Crippen molar-refractivity contribution in [2.24, 2.45) is 0 Å². The third-order valence-corrected chi connectivity index (χ3v) is 3.07. The zero-order valence-corrected chi connectivity index (χ0v) is 10.6. The predicted molar refractivity (Wildman–Crippen MR) is 74.0 cm³/mol. The number of nitrogens with zero attached hydrogens (tertiary/aromatic N) is 4. The fourth-order valence-electron chi connectivity index (χ4n) is 1.75. The topological polar surface area (TPSA) is 69.6 Å². The van der Waals surface area contributed by atoms with Crippen molar-refractivity contribution < 1.29 is 0 Å². The van der Waals surface area contributed by atoms with Crippen LogP contribution in [0.4, 0.5) is 5.82 Å². The SMILES string of the molecule is Nc1ncnc(-c2cnn(-c3ccccc3)c2)c1Cl. The molecule has 5 nitrogen and oxygen atoms in total. The van der Waals surface area contributed by atoms with Crippen molar-refractivity contribution >= 4 is 17.4 Å². The van der Waals surface area contributed by atoms with Crippen molar-refractivity contribution in [1.82, 2.24) is 19.7 Å². The highest BCUT2D eigenvalue weighted by Crippen LogP contribution is 2.28. The molecule has 1 aromatic carbocycles. The van der Waals surface area contributed by atoms with Crippen LogP contribution in [0, 0.1) is 0 Å². The highest BCUT2D eigenvalue weighted by molar-refractivity contribution is 6.35. The van der Waals surface area contributed by atoms with Gasteiger partial charge in [0.2, 0.25) is 0 Å². The molecule has 0 fully saturated rings. The lowest BCUT2D eigenvalue weighted by Gasteiger charge is -2.02. The quantitative estimate of drug-likeness (QED) is 0.778. The van der Waals surface area contributed by atoms with E-state index >= 15 is 0 Å². The lowest BCUT2D eigenvalue weighted by molar-refractivity contribution is 0.880. The smallest absolute Gasteiger partial charge is 0.146 e. The molecule has 2 aromatic heterocycles. The molecule has 0 aliphatic carbocycles. The van der Waals surface area contributed by atoms with Gasteiger partial charge in [-0.1, -0.05) is 29.8 Å². The van der Waals surface area contributed by atoms with Gasteiger partial charge in [0.1, 0.15) is 17.2 Å². The number of hydrogen-bond donors (Lipinski definition) is 1. The summed E-state index contributed by atoms with van der Waals surface area (Å²) >= 11 is 6.10. The molecule has 3 aromatic rings. The van der Waals surface area contributed by atoms with Gasteiger partial charge in [0.25, 0.3) is 0 Å². The molecule has 19 heavy (non-hydrogen) atoms. The van der Waals surface area contributed by atoms with Crippen molar-refractivity contribution in [1.29, 1.82) is 0 Å². The Balaban J connectivity index is 2.05. The van der Waals surface area contributed by atoms with Gasteiger partial charge in [-0.05, 0) is 12.1 Å². The average molecular weight is 272 g/mol. The number of nitrogen functional groups attached to an aromatic ring is 1. The Hall–Kier alpha value is -2.40. The Morgan fingerprint density at radius 1 is 1.11 bits per heavy atom. The van der Waals surface area contributed by atoms with E-state index < -0.39 is 0 Å². The first-order chi connectivity index (χ1) is 9.25. The number of benzene rings is 1. The van der Waals surface area contributed by atoms with Crippen molar-refractivity contribution in [3.05, 3.63) is 54.1 Å². The maximum absolute atomic E-state index is 6.10. The Bertz CT molecular complexity index is 708. The summed E-state index contributed by atoms with van der Waals surface area (Å²) in [6.45, 7) is 0. The molecule has 3 rings (SSSR count). The normalized spacial score (nSPS) is 10.6. The highest BCUT2D eigenvalue weighted by atomic mass is 35.5. The van der Waals surface area contributed by atoms with Crippen molar-refractivity contribution in [3.63, 3.8) is 0 Å². The number of nitrogens with two attached hydrogens (primary N) is 1. The molecule has 0 saturated carbocycles. The van der Waals surface area contributed by atoms with Crippen LogP contribution in [0.1, 0.15) is 0 Å². The lowest BCUT2D eigenvalue weighted by atomic mass is 10.2. The molecule has 94 valence electrons. The molecule has 0 unspecified atom stereocenters. The highest BCUT2D eigenvalue weighted by Gasteiger charge is 2.11. The Kier molecular flexibility index (Phi) is 2.89. The molecule has 0 spiro atoms. The minimum absolute atomic E-state index is 0.263. The first-order valence-corrected chi connectivity index (χ1v) is 6.00. The maximum atomic E-state index is 6.10. The van der Waals surface area contributed by atoms with Crippen molar-refractivity contribution in [2.75, 3.05) is 5.73 Å². The minimum atomic E-state index is 0.263. The summed E-state index contributed by atoms with van der Waals surface area (Å²) in [4.78, 5) is 7.98. The monoisotopic (exact) mass is 271 g/mol. The molecular weight excluding hydrogens is 262 g/mol. The zero-order valence-electron chi connectivity index (χ0n) is 9.86. The van der Waals surface area contributed by atoms with Crippen LogP contribution >= 0.6 is 11.6 Å². The van der Waals surface area contributed by atoms with E-state index in [0.29, 0.717) is 10.7 Å². The van der Waals surface area contributed by atoms with Gasteiger partial charge < -0.3 is 5.73 Å². The van der Waals surface area contributed by atoms with Gasteiger partial charge >= 0.3 is 0 Å². The van der Waals surface area contributed by atoms with Crippen molar-refractivity contribution in [3.8, 4) is 16.9 Å². The van der Waals surface area contributed by atoms with E-state index in [1.54, 1.807) is 10.9 Å². The molecule has 0 amide bonds. The number of anilines is 1. The zero-order chi connectivity index (χ0) is 13.2. The Labute approximate surface area is 114 Å². The predicted octanol–water partition coefficient (Wildman–Crippen LogP) is 2.56. The summed E-state index contributed by atoms with van der Waals surface area (Å²) in [5, 5.41) is 4.63. The second kappa shape index (κ2) is 4.70. The number of halogens is 1. The van der Waals surface area contributed by atoms with E-state index in [2.05, 4.69) is 15.1 Å². The van der Waals surface area contributed by atoms with Gasteiger partial charge in [0, 0.05) is 11.8 Å². The summed E-state index contributed by atoms with van der Waals surface area (Å²) in [5.41, 5.74) is 8.00. The molecule has 2 heterocycles. The van der Waals surface area contributed by atoms with E-state index in [9.17, 15) is 0 Å². The minimum Gasteiger partial charge on any atom is -0.382 e. The summed E-state index contributed by atoms with van der Waals surface area (Å²) in [6.07, 6.45) is 4.93. The third kappa shape index (κ3) is 2.15. The summed E-state index contributed by atoms with van der Waals surface area (Å²) < 4.78 is 1.75. The van der Waals surface area contributed by atoms with Crippen LogP contribution in [0.3, 0.4) is 0 Å². The van der Waals surface area contributed by atoms with E-state index in [1.807, 2.05) is 36.5 Å². The molecule has 0 aliphatic heterocycles. The van der Waals surface area contributed by atoms with Gasteiger partial charge in [0.15, 0.2) is 0 Å². The molecule has 6 heteroatoms. The second-order valence-electron chi connectivity index (χ2n) is 3.93. The van der Waals surface area contributed by atoms with Crippen LogP contribution in [-0.4, -0.2) is 19.7 Å². The average Bonchev–Trinajstić information content (AvgIpc) is 2.92. The second-order valence-corrected chi connectivity index (χ2v) is 4.31. The van der Waals surface area contributed by atoms with Gasteiger partial charge in [-0.3, -0.25) is 0 Å². The summed E-state index contributed by atoms with van der Waals surface area (Å²) in [7, 11) is 0. The van der Waals surface area contributed by atoms with Crippen LogP contribution in [0.2, 0.25) is 5.02 Å². The van der Waals surface area contributed by atoms with Gasteiger partial charge in [-0.15, -0.1) is 0 Å². The number of aromatic nitrogens is 4. The lowest BCUT2D eigenvalue weighted by Crippen LogP contribution is -1.95. The fraction of sp³-hybridized carbons (Fsp3) is 0. The molecule has 0 saturated heterocycles. The van der Waals surface area contributed by atoms with Crippen LogP contribution in [0.5, 0.6) is 0 Å². The molecule has 0 aliphatic rings. The fourth-order valence-corrected chi connectivity index (χ4v) is 1.96. The molecule has 2 N–H and O–H groups in total. The first kappa shape index (κ1) is 11.7. The maximum Gasteiger partial charge on any atom is 0.146 e. The van der Waals surface area contributed by atoms with Crippen molar-refractivity contribution in [2.45, 2.75) is 0 Å². The largest absolute Gasteiger partial charge is 0.382 e. The van der Waals surface area contributed by atoms with Crippen LogP contribution < -0.4 is 5.73 Å². The van der Waals surface area contributed by atoms with E-state index in [0.717, 1.165) is 11.3 Å². The Morgan fingerprint density at radius 3 is 2.68 bits per heavy atom. The van der Waals surface area contributed by atoms with Crippen LogP contribution in [0.15, 0.2) is 49.1 Å². The molecule has 0 atom stereocenters. The summed E-state index contributed by atoms with van der Waals surface area (Å²) in [6, 6.07) is 9.79. The van der Waals surface area contributed by atoms with Crippen LogP contribution in [-0.2, 0) is 0 Å². The molecular formula is C13H10ClN5.